The predicted octanol–water partition coefficient (Wildman–Crippen LogP) is 4.39. The topological polar surface area (TPSA) is 0 Å². The Balaban J connectivity index is 3.12. The van der Waals surface area contributed by atoms with Gasteiger partial charge in [-0.3, -0.25) is 0 Å². The number of aryl methyl sites for hydroxylation is 1. The molecule has 1 aromatic carbocycles. The third-order valence-corrected chi connectivity index (χ3v) is 2.29. The van der Waals surface area contributed by atoms with E-state index in [0.717, 1.165) is 17.6 Å². The van der Waals surface area contributed by atoms with Crippen molar-refractivity contribution in [1.29, 1.82) is 0 Å². The van der Waals surface area contributed by atoms with Crippen molar-refractivity contribution < 1.29 is 0 Å². The average molecular weight is 198 g/mol. The molecule has 0 amide bonds. The van der Waals surface area contributed by atoms with Crippen LogP contribution in [-0.4, -0.2) is 0 Å². The molecule has 1 aromatic rings. The number of benzene rings is 1. The van der Waals surface area contributed by atoms with Gasteiger partial charge in [0.15, 0.2) is 0 Å². The van der Waals surface area contributed by atoms with Gasteiger partial charge < -0.3 is 0 Å². The van der Waals surface area contributed by atoms with Crippen LogP contribution in [0.5, 0.6) is 0 Å². The normalized spacial score (nSPS) is 11.2. The second kappa shape index (κ2) is 5.35. The van der Waals surface area contributed by atoms with Crippen molar-refractivity contribution in [3.05, 3.63) is 66.3 Å². The van der Waals surface area contributed by atoms with Crippen molar-refractivity contribution in [2.75, 3.05) is 0 Å². The highest BCUT2D eigenvalue weighted by Gasteiger charge is 1.98. The van der Waals surface area contributed by atoms with Gasteiger partial charge in [0.2, 0.25) is 0 Å². The van der Waals surface area contributed by atoms with Gasteiger partial charge in [-0.2, -0.15) is 0 Å². The van der Waals surface area contributed by atoms with Crippen LogP contribution in [0.15, 0.2) is 55.1 Å². The van der Waals surface area contributed by atoms with E-state index in [0.29, 0.717) is 0 Å². The van der Waals surface area contributed by atoms with Crippen LogP contribution >= 0.6 is 0 Å². The first-order chi connectivity index (χ1) is 7.17. The molecule has 0 aliphatic heterocycles. The fraction of sp³-hybridized carbons (Fsp3) is 0.200. The Kier molecular flexibility index (Phi) is 4.11. The molecule has 0 nitrogen and oxygen atoms in total. The molecule has 1 rings (SSSR count). The van der Waals surface area contributed by atoms with Crippen molar-refractivity contribution in [3.63, 3.8) is 0 Å². The maximum atomic E-state index is 3.89. The highest BCUT2D eigenvalue weighted by Crippen LogP contribution is 2.18. The van der Waals surface area contributed by atoms with Gasteiger partial charge in [0.25, 0.3) is 0 Å². The monoisotopic (exact) mass is 198 g/mol. The molecular weight excluding hydrogens is 180 g/mol. The maximum Gasteiger partial charge on any atom is -0.0181 e. The lowest BCUT2D eigenvalue weighted by atomic mass is 10.0. The lowest BCUT2D eigenvalue weighted by Gasteiger charge is -2.05. The number of rotatable bonds is 4. The van der Waals surface area contributed by atoms with E-state index in [-0.39, 0.29) is 0 Å². The van der Waals surface area contributed by atoms with Gasteiger partial charge in [-0.25, -0.2) is 0 Å². The Hall–Kier alpha value is -1.56. The van der Waals surface area contributed by atoms with Gasteiger partial charge in [-0.05, 0) is 30.0 Å². The molecule has 0 radical (unpaired) electrons. The summed E-state index contributed by atoms with van der Waals surface area (Å²) in [4.78, 5) is 0. The van der Waals surface area contributed by atoms with E-state index in [4.69, 9.17) is 0 Å². The summed E-state index contributed by atoms with van der Waals surface area (Å²) in [6.45, 7) is 11.9. The van der Waals surface area contributed by atoms with E-state index < -0.39 is 0 Å². The summed E-state index contributed by atoms with van der Waals surface area (Å²) in [5.41, 5.74) is 4.75. The summed E-state index contributed by atoms with van der Waals surface area (Å²) in [6, 6.07) is 8.54. The van der Waals surface area contributed by atoms with Crippen LogP contribution in [0.1, 0.15) is 25.0 Å². The van der Waals surface area contributed by atoms with E-state index in [1.807, 2.05) is 13.0 Å². The molecule has 15 heavy (non-hydrogen) atoms. The van der Waals surface area contributed by atoms with Crippen LogP contribution in [0.2, 0.25) is 0 Å². The Morgan fingerprint density at radius 1 is 1.40 bits per heavy atom. The van der Waals surface area contributed by atoms with Crippen molar-refractivity contribution >= 4 is 5.57 Å². The minimum Gasteiger partial charge on any atom is -0.0984 e. The molecule has 0 saturated carbocycles. The van der Waals surface area contributed by atoms with Gasteiger partial charge in [-0.1, -0.05) is 62.1 Å². The summed E-state index contributed by atoms with van der Waals surface area (Å²) in [5, 5.41) is 0. The van der Waals surface area contributed by atoms with Crippen molar-refractivity contribution in [2.45, 2.75) is 20.3 Å². The first kappa shape index (κ1) is 11.5. The van der Waals surface area contributed by atoms with Crippen LogP contribution in [0.4, 0.5) is 0 Å². The third kappa shape index (κ3) is 3.25. The Morgan fingerprint density at radius 2 is 2.13 bits per heavy atom. The number of allylic oxidation sites excluding steroid dienone is 4. The minimum absolute atomic E-state index is 1.05. The number of hydrogen-bond donors (Lipinski definition) is 0. The zero-order valence-corrected chi connectivity index (χ0v) is 9.59. The van der Waals surface area contributed by atoms with Gasteiger partial charge in [0.05, 0.1) is 0 Å². The Morgan fingerprint density at radius 3 is 2.67 bits per heavy atom. The molecular formula is C15H18. The fourth-order valence-corrected chi connectivity index (χ4v) is 1.50. The summed E-state index contributed by atoms with van der Waals surface area (Å²) in [7, 11) is 0. The van der Waals surface area contributed by atoms with Gasteiger partial charge in [-0.15, -0.1) is 0 Å². The zero-order chi connectivity index (χ0) is 11.3. The largest absolute Gasteiger partial charge is 0.0984 e. The smallest absolute Gasteiger partial charge is 0.0181 e. The predicted molar refractivity (Wildman–Crippen MR) is 68.8 cm³/mol. The second-order valence-electron chi connectivity index (χ2n) is 3.70. The summed E-state index contributed by atoms with van der Waals surface area (Å²) < 4.78 is 0. The third-order valence-electron chi connectivity index (χ3n) is 2.29. The average Bonchev–Trinajstić information content (AvgIpc) is 2.25. The first-order valence-corrected chi connectivity index (χ1v) is 5.26. The Bertz CT molecular complexity index is 394. The van der Waals surface area contributed by atoms with Gasteiger partial charge in [0.1, 0.15) is 0 Å². The highest BCUT2D eigenvalue weighted by atomic mass is 14.0. The lowest BCUT2D eigenvalue weighted by molar-refractivity contribution is 1.14. The van der Waals surface area contributed by atoms with E-state index in [9.17, 15) is 0 Å². The summed E-state index contributed by atoms with van der Waals surface area (Å²) in [5.74, 6) is 0. The molecule has 0 aromatic heterocycles. The molecule has 0 heteroatoms. The van der Waals surface area contributed by atoms with E-state index >= 15 is 0 Å². The van der Waals surface area contributed by atoms with Crippen LogP contribution < -0.4 is 0 Å². The van der Waals surface area contributed by atoms with Gasteiger partial charge in [0, 0.05) is 0 Å². The lowest BCUT2D eigenvalue weighted by Crippen LogP contribution is -1.85. The molecule has 0 aliphatic rings. The van der Waals surface area contributed by atoms with Crippen molar-refractivity contribution in [1.82, 2.24) is 0 Å². The fourth-order valence-electron chi connectivity index (χ4n) is 1.50. The molecule has 78 valence electrons. The standard InChI is InChI=1S/C15H18/c1-5-13-8-7-9-15(11-13)14(6-2)10-12(3)4/h6-11H,2-3,5H2,1,4H3/b14-10+. The van der Waals surface area contributed by atoms with Crippen molar-refractivity contribution in [2.24, 2.45) is 0 Å². The van der Waals surface area contributed by atoms with Crippen molar-refractivity contribution in [3.8, 4) is 0 Å². The molecule has 0 N–H and O–H groups in total. The van der Waals surface area contributed by atoms with Crippen LogP contribution in [0, 0.1) is 0 Å². The number of hydrogen-bond acceptors (Lipinski definition) is 0. The van der Waals surface area contributed by atoms with E-state index in [2.05, 4.69) is 50.4 Å². The zero-order valence-electron chi connectivity index (χ0n) is 9.59. The van der Waals surface area contributed by atoms with Gasteiger partial charge >= 0.3 is 0 Å². The van der Waals surface area contributed by atoms with Crippen LogP contribution in [0.3, 0.4) is 0 Å². The summed E-state index contributed by atoms with van der Waals surface area (Å²) >= 11 is 0. The van der Waals surface area contributed by atoms with E-state index in [1.165, 1.54) is 11.1 Å². The first-order valence-electron chi connectivity index (χ1n) is 5.26. The van der Waals surface area contributed by atoms with Crippen LogP contribution in [-0.2, 0) is 6.42 Å². The molecule has 0 unspecified atom stereocenters. The quantitative estimate of drug-likeness (QED) is 0.629. The minimum atomic E-state index is 1.05. The molecule has 0 heterocycles. The van der Waals surface area contributed by atoms with Crippen LogP contribution in [0.25, 0.3) is 5.57 Å². The Labute approximate surface area is 92.6 Å². The molecule has 0 bridgehead atoms. The molecule has 0 fully saturated rings. The second-order valence-corrected chi connectivity index (χ2v) is 3.70. The highest BCUT2D eigenvalue weighted by molar-refractivity contribution is 5.75. The molecule has 0 spiro atoms. The SMILES string of the molecule is C=C/C(=C\C(=C)C)c1cccc(CC)c1. The molecule has 0 aliphatic carbocycles. The molecule has 0 atom stereocenters. The summed E-state index contributed by atoms with van der Waals surface area (Å²) in [6.07, 6.45) is 5.00. The molecule has 0 saturated heterocycles. The maximum absolute atomic E-state index is 3.89. The van der Waals surface area contributed by atoms with E-state index in [1.54, 1.807) is 0 Å².